The third kappa shape index (κ3) is 5.73. The summed E-state index contributed by atoms with van der Waals surface area (Å²) in [4.78, 5) is 35.7. The smallest absolute Gasteiger partial charge is 0.270 e. The third-order valence-corrected chi connectivity index (χ3v) is 4.44. The van der Waals surface area contributed by atoms with Gasteiger partial charge >= 0.3 is 0 Å². The second-order valence-corrected chi connectivity index (χ2v) is 6.58. The van der Waals surface area contributed by atoms with Gasteiger partial charge in [0.1, 0.15) is 5.70 Å². The number of hydrogen-bond donors (Lipinski definition) is 2. The fraction of sp³-hybridized carbons (Fsp3) is 0.238. The van der Waals surface area contributed by atoms with Crippen molar-refractivity contribution >= 4 is 23.6 Å². The van der Waals surface area contributed by atoms with Crippen LogP contribution in [0.3, 0.4) is 0 Å². The molecule has 1 aliphatic rings. The number of nitrogens with zero attached hydrogens (tertiary/aromatic N) is 1. The lowest BCUT2D eigenvalue weighted by Crippen LogP contribution is -2.38. The molecular weight excluding hydrogens is 374 g/mol. The lowest BCUT2D eigenvalue weighted by molar-refractivity contribution is -0.384. The summed E-state index contributed by atoms with van der Waals surface area (Å²) in [6.07, 6.45) is 3.17. The summed E-state index contributed by atoms with van der Waals surface area (Å²) in [5, 5.41) is 16.4. The summed E-state index contributed by atoms with van der Waals surface area (Å²) in [6, 6.07) is 14.3. The van der Waals surface area contributed by atoms with Gasteiger partial charge in [0.15, 0.2) is 0 Å². The molecule has 3 rings (SSSR count). The molecule has 150 valence electrons. The van der Waals surface area contributed by atoms with Crippen LogP contribution in [-0.4, -0.2) is 36.0 Å². The predicted molar refractivity (Wildman–Crippen MR) is 107 cm³/mol. The van der Waals surface area contributed by atoms with Crippen molar-refractivity contribution in [1.29, 1.82) is 0 Å². The van der Waals surface area contributed by atoms with Crippen LogP contribution in [0.15, 0.2) is 60.3 Å². The molecule has 29 heavy (non-hydrogen) atoms. The molecule has 0 spiro atoms. The standard InChI is InChI=1S/C21H21N3O5/c25-20(16-7-2-1-3-8-16)23-19(21(26)22-14-18-10-5-11-29-18)13-15-6-4-9-17(12-15)24(27)28/h1-4,6-9,12-13,18H,5,10-11,14H2,(H,22,26)(H,23,25)/b19-13-/t18-/m0/s1. The Bertz CT molecular complexity index is 921. The molecule has 0 aromatic heterocycles. The van der Waals surface area contributed by atoms with Gasteiger partial charge in [-0.3, -0.25) is 19.7 Å². The normalized spacial score (nSPS) is 16.3. The summed E-state index contributed by atoms with van der Waals surface area (Å²) in [5.41, 5.74) is 0.712. The van der Waals surface area contributed by atoms with E-state index in [9.17, 15) is 19.7 Å². The van der Waals surface area contributed by atoms with E-state index < -0.39 is 16.7 Å². The van der Waals surface area contributed by atoms with Gasteiger partial charge in [0.05, 0.1) is 11.0 Å². The van der Waals surface area contributed by atoms with Gasteiger partial charge in [-0.25, -0.2) is 0 Å². The van der Waals surface area contributed by atoms with Crippen LogP contribution in [-0.2, 0) is 9.53 Å². The molecule has 1 atom stereocenters. The molecule has 8 nitrogen and oxygen atoms in total. The molecule has 0 unspecified atom stereocenters. The quantitative estimate of drug-likeness (QED) is 0.425. The van der Waals surface area contributed by atoms with Crippen LogP contribution in [0.4, 0.5) is 5.69 Å². The zero-order valence-electron chi connectivity index (χ0n) is 15.7. The van der Waals surface area contributed by atoms with Crippen molar-refractivity contribution in [2.75, 3.05) is 13.2 Å². The first-order valence-corrected chi connectivity index (χ1v) is 9.25. The van der Waals surface area contributed by atoms with Crippen LogP contribution in [0.5, 0.6) is 0 Å². The van der Waals surface area contributed by atoms with Crippen molar-refractivity contribution < 1.29 is 19.2 Å². The van der Waals surface area contributed by atoms with E-state index in [1.165, 1.54) is 24.3 Å². The van der Waals surface area contributed by atoms with E-state index in [0.717, 1.165) is 12.8 Å². The molecule has 0 saturated carbocycles. The van der Waals surface area contributed by atoms with Crippen LogP contribution >= 0.6 is 0 Å². The maximum atomic E-state index is 12.7. The molecule has 2 amide bonds. The van der Waals surface area contributed by atoms with E-state index in [1.807, 2.05) is 0 Å². The number of hydrogen-bond acceptors (Lipinski definition) is 5. The molecular formula is C21H21N3O5. The number of nitrogens with one attached hydrogen (secondary N) is 2. The largest absolute Gasteiger partial charge is 0.376 e. The monoisotopic (exact) mass is 395 g/mol. The van der Waals surface area contributed by atoms with Crippen LogP contribution in [0, 0.1) is 10.1 Å². The Kier molecular flexibility index (Phi) is 6.70. The topological polar surface area (TPSA) is 111 Å². The maximum Gasteiger partial charge on any atom is 0.270 e. The summed E-state index contributed by atoms with van der Waals surface area (Å²) < 4.78 is 5.50. The number of ether oxygens (including phenoxy) is 1. The minimum Gasteiger partial charge on any atom is -0.376 e. The van der Waals surface area contributed by atoms with Crippen molar-refractivity contribution in [2.24, 2.45) is 0 Å². The Balaban J connectivity index is 1.81. The van der Waals surface area contributed by atoms with E-state index in [4.69, 9.17) is 4.74 Å². The van der Waals surface area contributed by atoms with Gasteiger partial charge < -0.3 is 15.4 Å². The SMILES string of the molecule is O=C(NC[C@@H]1CCCO1)/C(=C/c1cccc([N+](=O)[O-])c1)NC(=O)c1ccccc1. The molecule has 2 aromatic rings. The zero-order valence-corrected chi connectivity index (χ0v) is 15.7. The Morgan fingerprint density at radius 2 is 1.97 bits per heavy atom. The van der Waals surface area contributed by atoms with Crippen molar-refractivity contribution in [3.8, 4) is 0 Å². The summed E-state index contributed by atoms with van der Waals surface area (Å²) in [5.74, 6) is -0.939. The van der Waals surface area contributed by atoms with Crippen molar-refractivity contribution in [3.05, 3.63) is 81.5 Å². The Morgan fingerprint density at radius 1 is 1.17 bits per heavy atom. The Hall–Kier alpha value is -3.52. The number of non-ortho nitro benzene ring substituents is 1. The van der Waals surface area contributed by atoms with Crippen molar-refractivity contribution in [2.45, 2.75) is 18.9 Å². The fourth-order valence-electron chi connectivity index (χ4n) is 2.94. The highest BCUT2D eigenvalue weighted by molar-refractivity contribution is 6.05. The number of carbonyl (C=O) groups is 2. The van der Waals surface area contributed by atoms with Crippen LogP contribution < -0.4 is 10.6 Å². The lowest BCUT2D eigenvalue weighted by atomic mass is 10.1. The molecule has 2 N–H and O–H groups in total. The van der Waals surface area contributed by atoms with Crippen LogP contribution in [0.25, 0.3) is 6.08 Å². The van der Waals surface area contributed by atoms with E-state index >= 15 is 0 Å². The van der Waals surface area contributed by atoms with Gasteiger partial charge in [-0.2, -0.15) is 0 Å². The van der Waals surface area contributed by atoms with Gasteiger partial charge in [0.2, 0.25) is 0 Å². The van der Waals surface area contributed by atoms with Gasteiger partial charge in [0.25, 0.3) is 17.5 Å². The number of rotatable bonds is 7. The van der Waals surface area contributed by atoms with E-state index in [-0.39, 0.29) is 17.5 Å². The molecule has 0 radical (unpaired) electrons. The first-order valence-electron chi connectivity index (χ1n) is 9.25. The highest BCUT2D eigenvalue weighted by atomic mass is 16.6. The van der Waals surface area contributed by atoms with E-state index in [2.05, 4.69) is 10.6 Å². The highest BCUT2D eigenvalue weighted by Crippen LogP contribution is 2.16. The van der Waals surface area contributed by atoms with Gasteiger partial charge in [-0.1, -0.05) is 30.3 Å². The number of benzene rings is 2. The number of nitro groups is 1. The lowest BCUT2D eigenvalue weighted by Gasteiger charge is -2.14. The van der Waals surface area contributed by atoms with Crippen molar-refractivity contribution in [3.63, 3.8) is 0 Å². The summed E-state index contributed by atoms with van der Waals surface area (Å²) in [6.45, 7) is 0.994. The molecule has 2 aromatic carbocycles. The van der Waals surface area contributed by atoms with Crippen molar-refractivity contribution in [1.82, 2.24) is 10.6 Å². The molecule has 1 heterocycles. The second kappa shape index (κ2) is 9.61. The minimum absolute atomic E-state index is 0.00246. The first-order chi connectivity index (χ1) is 14.0. The molecule has 0 bridgehead atoms. The highest BCUT2D eigenvalue weighted by Gasteiger charge is 2.19. The second-order valence-electron chi connectivity index (χ2n) is 6.58. The molecule has 1 aliphatic heterocycles. The summed E-state index contributed by atoms with van der Waals surface area (Å²) in [7, 11) is 0. The fourth-order valence-corrected chi connectivity index (χ4v) is 2.94. The maximum absolute atomic E-state index is 12.7. The number of nitro benzene ring substituents is 1. The number of amides is 2. The van der Waals surface area contributed by atoms with Crippen LogP contribution in [0.1, 0.15) is 28.8 Å². The first kappa shape index (κ1) is 20.2. The molecule has 1 fully saturated rings. The Morgan fingerprint density at radius 3 is 2.66 bits per heavy atom. The summed E-state index contributed by atoms with van der Waals surface area (Å²) >= 11 is 0. The average Bonchev–Trinajstić information content (AvgIpc) is 3.26. The number of carbonyl (C=O) groups excluding carboxylic acids is 2. The van der Waals surface area contributed by atoms with Gasteiger partial charge in [0, 0.05) is 30.8 Å². The minimum atomic E-state index is -0.517. The van der Waals surface area contributed by atoms with E-state index in [0.29, 0.717) is 24.3 Å². The van der Waals surface area contributed by atoms with Gasteiger partial charge in [-0.15, -0.1) is 0 Å². The predicted octanol–water partition coefficient (Wildman–Crippen LogP) is 2.66. The Labute approximate surface area is 167 Å². The molecule has 8 heteroatoms. The van der Waals surface area contributed by atoms with E-state index in [1.54, 1.807) is 36.4 Å². The third-order valence-electron chi connectivity index (χ3n) is 4.44. The van der Waals surface area contributed by atoms with Crippen LogP contribution in [0.2, 0.25) is 0 Å². The molecule has 0 aliphatic carbocycles. The van der Waals surface area contributed by atoms with Gasteiger partial charge in [-0.05, 0) is 36.6 Å². The average molecular weight is 395 g/mol. The molecule has 1 saturated heterocycles. The zero-order chi connectivity index (χ0) is 20.6.